The van der Waals surface area contributed by atoms with Gasteiger partial charge in [0, 0.05) is 34.5 Å². The zero-order chi connectivity index (χ0) is 30.4. The smallest absolute Gasteiger partial charge is 0.442 e. The highest BCUT2D eigenvalue weighted by atomic mass is 32.2. The Kier molecular flexibility index (Phi) is 9.10. The Balaban J connectivity index is 1.65. The second-order valence-corrected chi connectivity index (χ2v) is 12.1. The summed E-state index contributed by atoms with van der Waals surface area (Å²) in [5.41, 5.74) is 2.15. The molecule has 1 amide bonds. The Morgan fingerprint density at radius 3 is 2.60 bits per heavy atom. The van der Waals surface area contributed by atoms with E-state index in [1.165, 1.54) is 42.6 Å². The minimum Gasteiger partial charge on any atom is -0.468 e. The van der Waals surface area contributed by atoms with Crippen LogP contribution < -0.4 is 14.9 Å². The van der Waals surface area contributed by atoms with Gasteiger partial charge in [0.05, 0.1) is 35.8 Å². The molecule has 0 saturated heterocycles. The number of carbonyl (C=O) groups is 2. The van der Waals surface area contributed by atoms with Gasteiger partial charge in [0.25, 0.3) is 11.9 Å². The molecule has 13 heteroatoms. The topological polar surface area (TPSA) is 138 Å². The summed E-state index contributed by atoms with van der Waals surface area (Å²) >= 11 is 1.37. The van der Waals surface area contributed by atoms with Gasteiger partial charge in [0.1, 0.15) is 6.04 Å². The molecule has 0 bridgehead atoms. The lowest BCUT2D eigenvalue weighted by atomic mass is 10.2. The SMILES string of the molecule is CNC(=O)c1ccccc1Sc1ccc2c(/C=C/c3ccccn3)nn(P(=O)(N[C@@H](C)C(=O)OC)Oc3ccco3)c2c1. The first-order chi connectivity index (χ1) is 20.8. The van der Waals surface area contributed by atoms with Crippen molar-refractivity contribution in [3.05, 3.63) is 102 Å². The molecule has 0 fully saturated rings. The summed E-state index contributed by atoms with van der Waals surface area (Å²) in [6.45, 7) is 1.51. The first kappa shape index (κ1) is 29.8. The van der Waals surface area contributed by atoms with Gasteiger partial charge in [-0.2, -0.15) is 9.55 Å². The van der Waals surface area contributed by atoms with Gasteiger partial charge >= 0.3 is 13.6 Å². The van der Waals surface area contributed by atoms with Crippen molar-refractivity contribution >= 4 is 54.4 Å². The number of methoxy groups -OCH3 is 1. The lowest BCUT2D eigenvalue weighted by Gasteiger charge is -2.22. The van der Waals surface area contributed by atoms with Crippen LogP contribution in [0, 0.1) is 0 Å². The lowest BCUT2D eigenvalue weighted by molar-refractivity contribution is -0.142. The second kappa shape index (κ2) is 13.1. The number of esters is 1. The highest BCUT2D eigenvalue weighted by Crippen LogP contribution is 2.48. The first-order valence-electron chi connectivity index (χ1n) is 13.1. The van der Waals surface area contributed by atoms with Crippen LogP contribution in [-0.2, 0) is 14.1 Å². The van der Waals surface area contributed by atoms with Crippen LogP contribution in [0.5, 0.6) is 5.95 Å². The summed E-state index contributed by atoms with van der Waals surface area (Å²) in [6, 6.07) is 20.4. The molecule has 0 aliphatic heterocycles. The maximum absolute atomic E-state index is 14.7. The fourth-order valence-corrected chi connectivity index (χ4v) is 6.99. The number of fused-ring (bicyclic) bond motifs is 1. The van der Waals surface area contributed by atoms with Gasteiger partial charge in [-0.05, 0) is 67.6 Å². The van der Waals surface area contributed by atoms with Crippen molar-refractivity contribution < 1.29 is 27.8 Å². The zero-order valence-corrected chi connectivity index (χ0v) is 25.2. The molecule has 0 radical (unpaired) electrons. The van der Waals surface area contributed by atoms with E-state index in [1.54, 1.807) is 49.7 Å². The molecule has 0 aliphatic rings. The average molecular weight is 618 g/mol. The summed E-state index contributed by atoms with van der Waals surface area (Å²) in [5.74, 6) is -0.891. The first-order valence-corrected chi connectivity index (χ1v) is 15.5. The summed E-state index contributed by atoms with van der Waals surface area (Å²) < 4.78 is 32.0. The van der Waals surface area contributed by atoms with E-state index < -0.39 is 19.7 Å². The van der Waals surface area contributed by atoms with Gasteiger partial charge in [-0.25, -0.2) is 9.65 Å². The Hall–Kier alpha value is -4.64. The number of nitrogens with one attached hydrogen (secondary N) is 2. The van der Waals surface area contributed by atoms with Crippen molar-refractivity contribution in [2.45, 2.75) is 22.8 Å². The van der Waals surface area contributed by atoms with Crippen LogP contribution in [-0.4, -0.2) is 46.6 Å². The minimum absolute atomic E-state index is 0.0350. The molecule has 1 unspecified atom stereocenters. The quantitative estimate of drug-likeness (QED) is 0.136. The highest BCUT2D eigenvalue weighted by molar-refractivity contribution is 7.99. The molecular formula is C30H28N5O6PS. The van der Waals surface area contributed by atoms with Gasteiger partial charge in [-0.15, -0.1) is 0 Å². The Morgan fingerprint density at radius 1 is 1.07 bits per heavy atom. The molecule has 5 aromatic rings. The number of ether oxygens (including phenoxy) is 1. The highest BCUT2D eigenvalue weighted by Gasteiger charge is 2.36. The fraction of sp³-hybridized carbons (Fsp3) is 0.133. The van der Waals surface area contributed by atoms with Crippen molar-refractivity contribution in [1.82, 2.24) is 24.9 Å². The molecule has 2 atom stereocenters. The van der Waals surface area contributed by atoms with Gasteiger partial charge in [-0.1, -0.05) is 30.0 Å². The largest absolute Gasteiger partial charge is 0.468 e. The number of aromatic nitrogens is 3. The van der Waals surface area contributed by atoms with Crippen molar-refractivity contribution in [2.75, 3.05) is 14.2 Å². The van der Waals surface area contributed by atoms with Gasteiger partial charge < -0.3 is 19.0 Å². The maximum Gasteiger partial charge on any atom is 0.442 e. The Morgan fingerprint density at radius 2 is 1.88 bits per heavy atom. The number of benzene rings is 2. The molecule has 0 aliphatic carbocycles. The summed E-state index contributed by atoms with van der Waals surface area (Å²) in [5, 5.41) is 10.8. The van der Waals surface area contributed by atoms with Crippen LogP contribution in [0.2, 0.25) is 0 Å². The van der Waals surface area contributed by atoms with E-state index in [2.05, 4.69) is 20.5 Å². The number of hydrogen-bond acceptors (Lipinski definition) is 9. The molecule has 220 valence electrons. The summed E-state index contributed by atoms with van der Waals surface area (Å²) in [7, 11) is -1.38. The van der Waals surface area contributed by atoms with Gasteiger partial charge in [-0.3, -0.25) is 14.6 Å². The molecule has 0 saturated carbocycles. The van der Waals surface area contributed by atoms with E-state index in [0.717, 1.165) is 9.79 Å². The predicted molar refractivity (Wildman–Crippen MR) is 164 cm³/mol. The summed E-state index contributed by atoms with van der Waals surface area (Å²) in [6.07, 6.45) is 6.61. The number of furan rings is 1. The minimum atomic E-state index is -4.20. The number of hydrogen-bond donors (Lipinski definition) is 2. The van der Waals surface area contributed by atoms with Crippen LogP contribution in [0.3, 0.4) is 0 Å². The molecule has 0 spiro atoms. The standard InChI is InChI=1S/C30H28N5O6PS/c1-20(30(37)39-3)34-42(38,41-28-12-8-18-40-28)35-26-19-22(43-27-11-5-4-10-24(27)29(36)31-2)14-15-23(26)25(33-35)16-13-21-9-6-7-17-32-21/h4-20H,1-3H3,(H,31,36)(H,34,38)/b16-13+/t20-,42?/m0/s1. The van der Waals surface area contributed by atoms with E-state index in [4.69, 9.17) is 13.7 Å². The van der Waals surface area contributed by atoms with Crippen LogP contribution in [0.4, 0.5) is 0 Å². The molecule has 2 N–H and O–H groups in total. The lowest BCUT2D eigenvalue weighted by Crippen LogP contribution is -2.35. The molecule has 5 rings (SSSR count). The molecule has 2 aromatic carbocycles. The van der Waals surface area contributed by atoms with Crippen molar-refractivity contribution in [1.29, 1.82) is 0 Å². The number of nitrogens with zero attached hydrogens (tertiary/aromatic N) is 3. The van der Waals surface area contributed by atoms with Crippen molar-refractivity contribution in [2.24, 2.45) is 0 Å². The fourth-order valence-electron chi connectivity index (χ4n) is 4.17. The van der Waals surface area contributed by atoms with Crippen LogP contribution >= 0.6 is 19.4 Å². The number of pyridine rings is 1. The third kappa shape index (κ3) is 6.72. The Bertz CT molecular complexity index is 1820. The van der Waals surface area contributed by atoms with Crippen LogP contribution in [0.1, 0.15) is 28.7 Å². The van der Waals surface area contributed by atoms with E-state index in [0.29, 0.717) is 27.9 Å². The van der Waals surface area contributed by atoms with Crippen molar-refractivity contribution in [3.8, 4) is 5.95 Å². The molecule has 11 nitrogen and oxygen atoms in total. The molecule has 3 aromatic heterocycles. The van der Waals surface area contributed by atoms with E-state index >= 15 is 0 Å². The monoisotopic (exact) mass is 617 g/mol. The van der Waals surface area contributed by atoms with Crippen LogP contribution in [0.15, 0.2) is 99.5 Å². The van der Waals surface area contributed by atoms with Gasteiger partial charge in [0.2, 0.25) is 0 Å². The third-order valence-corrected chi connectivity index (χ3v) is 9.23. The molecular weight excluding hydrogens is 589 g/mol. The molecule has 3 heterocycles. The van der Waals surface area contributed by atoms with E-state index in [-0.39, 0.29) is 11.9 Å². The zero-order valence-electron chi connectivity index (χ0n) is 23.5. The Labute approximate surface area is 251 Å². The van der Waals surface area contributed by atoms with Crippen LogP contribution in [0.25, 0.3) is 23.1 Å². The number of amides is 1. The van der Waals surface area contributed by atoms with E-state index in [1.807, 2.05) is 42.5 Å². The van der Waals surface area contributed by atoms with E-state index in [9.17, 15) is 14.2 Å². The van der Waals surface area contributed by atoms with Crippen molar-refractivity contribution in [3.63, 3.8) is 0 Å². The number of rotatable bonds is 11. The number of carbonyl (C=O) groups excluding carboxylic acids is 2. The average Bonchev–Trinajstić information content (AvgIpc) is 3.67. The molecule has 43 heavy (non-hydrogen) atoms. The predicted octanol–water partition coefficient (Wildman–Crippen LogP) is 5.89. The maximum atomic E-state index is 14.7. The normalized spacial score (nSPS) is 13.5. The van der Waals surface area contributed by atoms with Gasteiger partial charge in [0.15, 0.2) is 0 Å². The summed E-state index contributed by atoms with van der Waals surface area (Å²) in [4.78, 5) is 30.6. The third-order valence-electron chi connectivity index (χ3n) is 6.22. The second-order valence-electron chi connectivity index (χ2n) is 9.14.